The molecule has 0 fully saturated rings. The van der Waals surface area contributed by atoms with Crippen molar-refractivity contribution >= 4 is 23.4 Å². The maximum Gasteiger partial charge on any atom is 0.573 e. The van der Waals surface area contributed by atoms with Gasteiger partial charge in [-0.2, -0.15) is 0 Å². The Hall–Kier alpha value is -1.33. The number of ether oxygens (including phenoxy) is 1. The number of halogens is 4. The van der Waals surface area contributed by atoms with E-state index < -0.39 is 6.36 Å². The second kappa shape index (κ2) is 6.41. The molecule has 0 radical (unpaired) electrons. The van der Waals surface area contributed by atoms with Gasteiger partial charge in [0.15, 0.2) is 0 Å². The molecule has 2 aromatic carbocycles. The van der Waals surface area contributed by atoms with Crippen molar-refractivity contribution in [1.82, 2.24) is 0 Å². The van der Waals surface area contributed by atoms with E-state index in [0.29, 0.717) is 10.8 Å². The van der Waals surface area contributed by atoms with Crippen LogP contribution in [0.1, 0.15) is 5.56 Å². The number of hydrogen-bond acceptors (Lipinski definition) is 2. The highest BCUT2D eigenvalue weighted by atomic mass is 35.5. The van der Waals surface area contributed by atoms with E-state index in [4.69, 9.17) is 11.6 Å². The predicted octanol–water partition coefficient (Wildman–Crippen LogP) is 5.53. The number of hydrogen-bond donors (Lipinski definition) is 0. The van der Waals surface area contributed by atoms with Gasteiger partial charge >= 0.3 is 6.36 Å². The fourth-order valence-electron chi connectivity index (χ4n) is 1.48. The molecule has 0 aliphatic carbocycles. The predicted molar refractivity (Wildman–Crippen MR) is 74.1 cm³/mol. The molecule has 1 nitrogen and oxygen atoms in total. The van der Waals surface area contributed by atoms with E-state index in [1.165, 1.54) is 12.1 Å². The van der Waals surface area contributed by atoms with Gasteiger partial charge in [0.2, 0.25) is 0 Å². The molecule has 0 spiro atoms. The Bertz CT molecular complexity index is 552. The molecule has 20 heavy (non-hydrogen) atoms. The van der Waals surface area contributed by atoms with Crippen molar-refractivity contribution < 1.29 is 17.9 Å². The molecule has 0 aromatic heterocycles. The summed E-state index contributed by atoms with van der Waals surface area (Å²) in [5.74, 6) is 0.450. The van der Waals surface area contributed by atoms with Crippen LogP contribution in [0.15, 0.2) is 53.4 Å². The van der Waals surface area contributed by atoms with E-state index in [1.54, 1.807) is 36.0 Å². The lowest BCUT2D eigenvalue weighted by Gasteiger charge is -2.09. The van der Waals surface area contributed by atoms with Crippen LogP contribution in [-0.4, -0.2) is 6.36 Å². The number of benzene rings is 2. The van der Waals surface area contributed by atoms with Crippen LogP contribution >= 0.6 is 23.4 Å². The molecule has 6 heteroatoms. The highest BCUT2D eigenvalue weighted by molar-refractivity contribution is 7.98. The van der Waals surface area contributed by atoms with Gasteiger partial charge in [-0.3, -0.25) is 0 Å². The zero-order valence-electron chi connectivity index (χ0n) is 10.2. The average molecular weight is 319 g/mol. The monoisotopic (exact) mass is 318 g/mol. The Kier molecular flexibility index (Phi) is 4.83. The molecule has 0 N–H and O–H groups in total. The molecule has 0 unspecified atom stereocenters. The molecule has 0 aliphatic heterocycles. The summed E-state index contributed by atoms with van der Waals surface area (Å²) in [5.41, 5.74) is 0.916. The topological polar surface area (TPSA) is 9.23 Å². The van der Waals surface area contributed by atoms with Gasteiger partial charge in [-0.05, 0) is 42.0 Å². The SMILES string of the molecule is FC(F)(F)Oc1ccc(CSc2ccc(Cl)cc2)cc1. The summed E-state index contributed by atoms with van der Waals surface area (Å²) >= 11 is 7.36. The third kappa shape index (κ3) is 4.98. The van der Waals surface area contributed by atoms with Gasteiger partial charge in [-0.15, -0.1) is 24.9 Å². The summed E-state index contributed by atoms with van der Waals surface area (Å²) in [6.07, 6.45) is -4.65. The second-order valence-corrected chi connectivity index (χ2v) is 5.42. The summed E-state index contributed by atoms with van der Waals surface area (Å²) in [5, 5.41) is 0.669. The summed E-state index contributed by atoms with van der Waals surface area (Å²) in [4.78, 5) is 1.05. The lowest BCUT2D eigenvalue weighted by atomic mass is 10.2. The number of rotatable bonds is 4. The first kappa shape index (κ1) is 15.1. The van der Waals surface area contributed by atoms with Crippen molar-refractivity contribution in [2.24, 2.45) is 0 Å². The first-order valence-electron chi connectivity index (χ1n) is 5.65. The average Bonchev–Trinajstić information content (AvgIpc) is 2.38. The quantitative estimate of drug-likeness (QED) is 0.685. The fourth-order valence-corrected chi connectivity index (χ4v) is 2.47. The van der Waals surface area contributed by atoms with Gasteiger partial charge in [0, 0.05) is 15.7 Å². The summed E-state index contributed by atoms with van der Waals surface area (Å²) in [6, 6.07) is 13.2. The van der Waals surface area contributed by atoms with E-state index in [2.05, 4.69) is 4.74 Å². The van der Waals surface area contributed by atoms with Gasteiger partial charge in [-0.25, -0.2) is 0 Å². The maximum absolute atomic E-state index is 12.0. The molecule has 0 heterocycles. The molecule has 0 aliphatic rings. The molecule has 0 bridgehead atoms. The lowest BCUT2D eigenvalue weighted by Crippen LogP contribution is -2.16. The van der Waals surface area contributed by atoms with Gasteiger partial charge in [0.25, 0.3) is 0 Å². The largest absolute Gasteiger partial charge is 0.573 e. The van der Waals surface area contributed by atoms with Crippen molar-refractivity contribution in [1.29, 1.82) is 0 Å². The molecule has 106 valence electrons. The van der Waals surface area contributed by atoms with Gasteiger partial charge in [0.05, 0.1) is 0 Å². The molecule has 0 amide bonds. The minimum Gasteiger partial charge on any atom is -0.406 e. The van der Waals surface area contributed by atoms with Crippen LogP contribution in [0, 0.1) is 0 Å². The normalized spacial score (nSPS) is 11.4. The van der Waals surface area contributed by atoms with E-state index in [1.807, 2.05) is 12.1 Å². The number of alkyl halides is 3. The Morgan fingerprint density at radius 3 is 2.10 bits per heavy atom. The summed E-state index contributed by atoms with van der Waals surface area (Å²) in [6.45, 7) is 0. The molecule has 0 saturated carbocycles. The highest BCUT2D eigenvalue weighted by Crippen LogP contribution is 2.27. The van der Waals surface area contributed by atoms with E-state index in [-0.39, 0.29) is 5.75 Å². The third-order valence-corrected chi connectivity index (χ3v) is 3.71. The van der Waals surface area contributed by atoms with E-state index in [9.17, 15) is 13.2 Å². The molecule has 2 aromatic rings. The first-order valence-corrected chi connectivity index (χ1v) is 7.02. The number of thioether (sulfide) groups is 1. The van der Waals surface area contributed by atoms with Crippen molar-refractivity contribution in [3.05, 3.63) is 59.1 Å². The van der Waals surface area contributed by atoms with Crippen molar-refractivity contribution in [2.75, 3.05) is 0 Å². The lowest BCUT2D eigenvalue weighted by molar-refractivity contribution is -0.274. The zero-order valence-corrected chi connectivity index (χ0v) is 11.7. The van der Waals surface area contributed by atoms with Crippen molar-refractivity contribution in [3.8, 4) is 5.75 Å². The van der Waals surface area contributed by atoms with Crippen LogP contribution in [0.2, 0.25) is 5.02 Å². The Morgan fingerprint density at radius 2 is 1.55 bits per heavy atom. The summed E-state index contributed by atoms with van der Waals surface area (Å²) in [7, 11) is 0. The zero-order chi connectivity index (χ0) is 14.6. The minimum atomic E-state index is -4.65. The Balaban J connectivity index is 1.92. The molecule has 2 rings (SSSR count). The summed E-state index contributed by atoms with van der Waals surface area (Å²) < 4.78 is 39.8. The van der Waals surface area contributed by atoms with Crippen LogP contribution in [0.5, 0.6) is 5.75 Å². The first-order chi connectivity index (χ1) is 9.42. The molecular weight excluding hydrogens is 309 g/mol. The van der Waals surface area contributed by atoms with Crippen LogP contribution in [-0.2, 0) is 5.75 Å². The van der Waals surface area contributed by atoms with Crippen LogP contribution in [0.25, 0.3) is 0 Å². The highest BCUT2D eigenvalue weighted by Gasteiger charge is 2.30. The van der Waals surface area contributed by atoms with Gasteiger partial charge < -0.3 is 4.74 Å². The van der Waals surface area contributed by atoms with E-state index >= 15 is 0 Å². The van der Waals surface area contributed by atoms with Crippen molar-refractivity contribution in [3.63, 3.8) is 0 Å². The standard InChI is InChI=1S/C14H10ClF3OS/c15-11-3-7-13(8-4-11)20-9-10-1-5-12(6-2-10)19-14(16,17)18/h1-8H,9H2. The maximum atomic E-state index is 12.0. The molecule has 0 atom stereocenters. The van der Waals surface area contributed by atoms with Crippen molar-refractivity contribution in [2.45, 2.75) is 17.0 Å². The van der Waals surface area contributed by atoms with Gasteiger partial charge in [-0.1, -0.05) is 23.7 Å². The molecule has 0 saturated heterocycles. The van der Waals surface area contributed by atoms with Crippen LogP contribution in [0.4, 0.5) is 13.2 Å². The Morgan fingerprint density at radius 1 is 0.950 bits per heavy atom. The Labute approximate surface area is 123 Å². The van der Waals surface area contributed by atoms with E-state index in [0.717, 1.165) is 10.5 Å². The molecular formula is C14H10ClF3OS. The fraction of sp³-hybridized carbons (Fsp3) is 0.143. The minimum absolute atomic E-state index is 0.210. The van der Waals surface area contributed by atoms with Crippen LogP contribution < -0.4 is 4.74 Å². The second-order valence-electron chi connectivity index (χ2n) is 3.93. The van der Waals surface area contributed by atoms with Gasteiger partial charge in [0.1, 0.15) is 5.75 Å². The third-order valence-electron chi connectivity index (χ3n) is 2.38. The van der Waals surface area contributed by atoms with Crippen LogP contribution in [0.3, 0.4) is 0 Å². The smallest absolute Gasteiger partial charge is 0.406 e.